The van der Waals surface area contributed by atoms with E-state index in [0.29, 0.717) is 13.0 Å². The fourth-order valence-electron chi connectivity index (χ4n) is 4.15. The maximum Gasteiger partial charge on any atom is 0.264 e. The molecule has 0 aromatic heterocycles. The molecule has 0 saturated heterocycles. The van der Waals surface area contributed by atoms with E-state index in [2.05, 4.69) is 5.32 Å². The predicted molar refractivity (Wildman–Crippen MR) is 146 cm³/mol. The number of sulfonamides is 1. The van der Waals surface area contributed by atoms with E-state index in [1.54, 1.807) is 30.3 Å². The van der Waals surface area contributed by atoms with Gasteiger partial charge in [-0.15, -0.1) is 0 Å². The van der Waals surface area contributed by atoms with Gasteiger partial charge in [0.1, 0.15) is 18.4 Å². The van der Waals surface area contributed by atoms with Gasteiger partial charge in [-0.1, -0.05) is 61.9 Å². The summed E-state index contributed by atoms with van der Waals surface area (Å²) in [5.41, 5.74) is 2.11. The van der Waals surface area contributed by atoms with Gasteiger partial charge in [0.15, 0.2) is 0 Å². The molecule has 202 valence electrons. The molecule has 3 aromatic rings. The van der Waals surface area contributed by atoms with E-state index < -0.39 is 34.3 Å². The van der Waals surface area contributed by atoms with Crippen molar-refractivity contribution in [2.24, 2.45) is 0 Å². The molecule has 3 rings (SSSR count). The molecule has 1 unspecified atom stereocenters. The third-order valence-electron chi connectivity index (χ3n) is 6.10. The number of hydrogen-bond acceptors (Lipinski definition) is 4. The van der Waals surface area contributed by atoms with Crippen LogP contribution in [0.4, 0.5) is 10.1 Å². The number of para-hydroxylation sites is 1. The SMILES string of the molecule is CCCNC(=O)C(CC)N(Cc1cccc(C)c1)C(=O)CN(c1ccccc1)S(=O)(=O)c1ccc(F)cc1. The highest BCUT2D eigenvalue weighted by molar-refractivity contribution is 7.92. The lowest BCUT2D eigenvalue weighted by Crippen LogP contribution is -2.52. The summed E-state index contributed by atoms with van der Waals surface area (Å²) in [6, 6.07) is 19.5. The van der Waals surface area contributed by atoms with Crippen molar-refractivity contribution in [3.63, 3.8) is 0 Å². The molecule has 38 heavy (non-hydrogen) atoms. The van der Waals surface area contributed by atoms with E-state index in [1.807, 2.05) is 45.0 Å². The van der Waals surface area contributed by atoms with Crippen molar-refractivity contribution in [1.29, 1.82) is 0 Å². The van der Waals surface area contributed by atoms with Crippen LogP contribution in [0.1, 0.15) is 37.8 Å². The quantitative estimate of drug-likeness (QED) is 0.363. The Morgan fingerprint density at radius 1 is 0.947 bits per heavy atom. The zero-order valence-corrected chi connectivity index (χ0v) is 22.7. The number of benzene rings is 3. The van der Waals surface area contributed by atoms with Gasteiger partial charge in [0, 0.05) is 13.1 Å². The Kier molecular flexibility index (Phi) is 10.0. The fraction of sp³-hybridized carbons (Fsp3) is 0.310. The number of carbonyl (C=O) groups is 2. The van der Waals surface area contributed by atoms with Crippen LogP contribution >= 0.6 is 0 Å². The van der Waals surface area contributed by atoms with Crippen LogP contribution in [-0.2, 0) is 26.2 Å². The van der Waals surface area contributed by atoms with Gasteiger partial charge >= 0.3 is 0 Å². The number of nitrogens with one attached hydrogen (secondary N) is 1. The summed E-state index contributed by atoms with van der Waals surface area (Å²) >= 11 is 0. The van der Waals surface area contributed by atoms with Crippen molar-refractivity contribution in [2.75, 3.05) is 17.4 Å². The van der Waals surface area contributed by atoms with E-state index in [-0.39, 0.29) is 23.0 Å². The highest BCUT2D eigenvalue weighted by Crippen LogP contribution is 2.25. The van der Waals surface area contributed by atoms with Gasteiger partial charge in [-0.3, -0.25) is 13.9 Å². The average molecular weight is 540 g/mol. The van der Waals surface area contributed by atoms with Crippen LogP contribution < -0.4 is 9.62 Å². The molecule has 0 fully saturated rings. The lowest BCUT2D eigenvalue weighted by molar-refractivity contribution is -0.140. The number of nitrogens with zero attached hydrogens (tertiary/aromatic N) is 2. The van der Waals surface area contributed by atoms with Gasteiger partial charge in [0.25, 0.3) is 10.0 Å². The number of carbonyl (C=O) groups excluding carboxylic acids is 2. The zero-order chi connectivity index (χ0) is 27.7. The smallest absolute Gasteiger partial charge is 0.264 e. The van der Waals surface area contributed by atoms with E-state index in [4.69, 9.17) is 0 Å². The normalized spacial score (nSPS) is 12.0. The first kappa shape index (κ1) is 28.8. The largest absolute Gasteiger partial charge is 0.354 e. The monoisotopic (exact) mass is 539 g/mol. The second kappa shape index (κ2) is 13.2. The van der Waals surface area contributed by atoms with Crippen LogP contribution in [0, 0.1) is 12.7 Å². The molecule has 0 heterocycles. The Balaban J connectivity index is 2.02. The summed E-state index contributed by atoms with van der Waals surface area (Å²) in [4.78, 5) is 28.3. The van der Waals surface area contributed by atoms with Crippen LogP contribution in [0.25, 0.3) is 0 Å². The van der Waals surface area contributed by atoms with Crippen molar-refractivity contribution in [3.05, 3.63) is 95.8 Å². The summed E-state index contributed by atoms with van der Waals surface area (Å²) in [6.45, 7) is 5.76. The molecule has 0 saturated carbocycles. The first-order valence-electron chi connectivity index (χ1n) is 12.6. The summed E-state index contributed by atoms with van der Waals surface area (Å²) < 4.78 is 41.9. The molecular formula is C29H34FN3O4S. The molecule has 7 nitrogen and oxygen atoms in total. The summed E-state index contributed by atoms with van der Waals surface area (Å²) in [5.74, 6) is -1.39. The molecule has 9 heteroatoms. The maximum absolute atomic E-state index is 13.9. The van der Waals surface area contributed by atoms with Crippen molar-refractivity contribution in [1.82, 2.24) is 10.2 Å². The second-order valence-corrected chi connectivity index (χ2v) is 10.9. The van der Waals surface area contributed by atoms with Crippen LogP contribution in [-0.4, -0.2) is 44.3 Å². The molecule has 0 radical (unpaired) electrons. The molecule has 0 spiro atoms. The van der Waals surface area contributed by atoms with Crippen LogP contribution in [0.2, 0.25) is 0 Å². The molecule has 2 amide bonds. The minimum atomic E-state index is -4.23. The third-order valence-corrected chi connectivity index (χ3v) is 7.88. The summed E-state index contributed by atoms with van der Waals surface area (Å²) in [6.07, 6.45) is 1.09. The number of rotatable bonds is 12. The molecule has 0 aliphatic rings. The van der Waals surface area contributed by atoms with E-state index in [0.717, 1.165) is 34.0 Å². The Labute approximate surface area is 224 Å². The highest BCUT2D eigenvalue weighted by Gasteiger charge is 2.33. The molecule has 0 aliphatic carbocycles. The predicted octanol–water partition coefficient (Wildman–Crippen LogP) is 4.66. The van der Waals surface area contributed by atoms with Crippen molar-refractivity contribution in [3.8, 4) is 0 Å². The van der Waals surface area contributed by atoms with Gasteiger partial charge in [-0.25, -0.2) is 12.8 Å². The first-order chi connectivity index (χ1) is 18.2. The fourth-order valence-corrected chi connectivity index (χ4v) is 5.56. The lowest BCUT2D eigenvalue weighted by Gasteiger charge is -2.33. The molecule has 1 atom stereocenters. The van der Waals surface area contributed by atoms with Crippen molar-refractivity contribution in [2.45, 2.75) is 51.1 Å². The van der Waals surface area contributed by atoms with Gasteiger partial charge in [0.2, 0.25) is 11.8 Å². The van der Waals surface area contributed by atoms with Crippen molar-refractivity contribution < 1.29 is 22.4 Å². The van der Waals surface area contributed by atoms with Crippen LogP contribution in [0.3, 0.4) is 0 Å². The number of aryl methyl sites for hydroxylation is 1. The number of halogens is 1. The van der Waals surface area contributed by atoms with E-state index in [9.17, 15) is 22.4 Å². The van der Waals surface area contributed by atoms with E-state index >= 15 is 0 Å². The van der Waals surface area contributed by atoms with E-state index in [1.165, 1.54) is 17.0 Å². The van der Waals surface area contributed by atoms with Gasteiger partial charge in [-0.2, -0.15) is 0 Å². The lowest BCUT2D eigenvalue weighted by atomic mass is 10.1. The Morgan fingerprint density at radius 3 is 2.24 bits per heavy atom. The number of amides is 2. The zero-order valence-electron chi connectivity index (χ0n) is 21.9. The number of hydrogen-bond donors (Lipinski definition) is 1. The summed E-state index contributed by atoms with van der Waals surface area (Å²) in [5, 5.41) is 2.86. The summed E-state index contributed by atoms with van der Waals surface area (Å²) in [7, 11) is -4.23. The van der Waals surface area contributed by atoms with Gasteiger partial charge < -0.3 is 10.2 Å². The highest BCUT2D eigenvalue weighted by atomic mass is 32.2. The van der Waals surface area contributed by atoms with Gasteiger partial charge in [0.05, 0.1) is 10.6 Å². The molecule has 0 bridgehead atoms. The van der Waals surface area contributed by atoms with Crippen LogP contribution in [0.15, 0.2) is 83.8 Å². The Bertz CT molecular complexity index is 1330. The van der Waals surface area contributed by atoms with Crippen LogP contribution in [0.5, 0.6) is 0 Å². The maximum atomic E-state index is 13.9. The standard InChI is InChI=1S/C29H34FN3O4S/c1-4-18-31-29(35)27(5-2)32(20-23-11-9-10-22(3)19-23)28(34)21-33(25-12-7-6-8-13-25)38(36,37)26-16-14-24(30)15-17-26/h6-17,19,27H,4-5,18,20-21H2,1-3H3,(H,31,35). The minimum absolute atomic E-state index is 0.137. The minimum Gasteiger partial charge on any atom is -0.354 e. The Hall–Kier alpha value is -3.72. The molecule has 3 aromatic carbocycles. The molecule has 1 N–H and O–H groups in total. The first-order valence-corrected chi connectivity index (χ1v) is 14.1. The van der Waals surface area contributed by atoms with Gasteiger partial charge in [-0.05, 0) is 61.7 Å². The third kappa shape index (κ3) is 7.19. The number of anilines is 1. The molecular weight excluding hydrogens is 505 g/mol. The topological polar surface area (TPSA) is 86.8 Å². The van der Waals surface area contributed by atoms with Crippen molar-refractivity contribution >= 4 is 27.5 Å². The Morgan fingerprint density at radius 2 is 1.63 bits per heavy atom. The molecule has 0 aliphatic heterocycles. The second-order valence-electron chi connectivity index (χ2n) is 9.03. The average Bonchev–Trinajstić information content (AvgIpc) is 2.91.